The quantitative estimate of drug-likeness (QED) is 0.420. The van der Waals surface area contributed by atoms with Crippen molar-refractivity contribution in [2.75, 3.05) is 26.7 Å². The summed E-state index contributed by atoms with van der Waals surface area (Å²) >= 11 is 1.44. The van der Waals surface area contributed by atoms with Crippen LogP contribution < -0.4 is 4.74 Å². The van der Waals surface area contributed by atoms with Crippen LogP contribution in [0, 0.1) is 11.7 Å². The molecule has 0 spiro atoms. The molecule has 1 N–H and O–H groups in total. The zero-order valence-electron chi connectivity index (χ0n) is 20.3. The van der Waals surface area contributed by atoms with E-state index in [0.717, 1.165) is 38.0 Å². The maximum absolute atomic E-state index is 14.5. The van der Waals surface area contributed by atoms with E-state index in [9.17, 15) is 14.3 Å². The Labute approximate surface area is 210 Å². The van der Waals surface area contributed by atoms with E-state index < -0.39 is 0 Å². The number of carbonyl (C=O) groups is 1. The molecule has 3 aromatic rings. The highest BCUT2D eigenvalue weighted by molar-refractivity contribution is 7.12. The van der Waals surface area contributed by atoms with Crippen LogP contribution >= 0.6 is 11.3 Å². The van der Waals surface area contributed by atoms with Crippen LogP contribution in [0.5, 0.6) is 11.5 Å². The molecule has 5 nitrogen and oxygen atoms in total. The summed E-state index contributed by atoms with van der Waals surface area (Å²) in [7, 11) is 1.85. The summed E-state index contributed by atoms with van der Waals surface area (Å²) in [6.45, 7) is 4.96. The van der Waals surface area contributed by atoms with Crippen molar-refractivity contribution in [1.29, 1.82) is 0 Å². The second-order valence-corrected chi connectivity index (χ2v) is 10.1. The van der Waals surface area contributed by atoms with Crippen LogP contribution in [-0.4, -0.2) is 53.6 Å². The number of piperidine rings is 1. The fourth-order valence-corrected chi connectivity index (χ4v) is 5.62. The molecule has 1 aliphatic rings. The lowest BCUT2D eigenvalue weighted by Crippen LogP contribution is -2.47. The number of nitrogens with zero attached hydrogens (tertiary/aromatic N) is 2. The van der Waals surface area contributed by atoms with Crippen LogP contribution in [0.4, 0.5) is 4.39 Å². The van der Waals surface area contributed by atoms with Crippen LogP contribution in [0.25, 0.3) is 0 Å². The van der Waals surface area contributed by atoms with Crippen molar-refractivity contribution in [3.63, 3.8) is 0 Å². The average Bonchev–Trinajstić information content (AvgIpc) is 3.41. The van der Waals surface area contributed by atoms with Gasteiger partial charge in [0.1, 0.15) is 5.82 Å². The SMILES string of the molecule is CCOc1cc(CN2CCC([C@H](Cc3ccccc3F)N(C)C(=O)c3cccs3)CC2)ccc1O. The summed E-state index contributed by atoms with van der Waals surface area (Å²) < 4.78 is 20.1. The number of likely N-dealkylation sites (N-methyl/N-ethyl adjacent to an activating group) is 1. The number of hydrogen-bond acceptors (Lipinski definition) is 5. The lowest BCUT2D eigenvalue weighted by atomic mass is 9.84. The van der Waals surface area contributed by atoms with E-state index in [1.807, 2.05) is 60.6 Å². The van der Waals surface area contributed by atoms with E-state index >= 15 is 0 Å². The van der Waals surface area contributed by atoms with E-state index in [1.165, 1.54) is 17.4 Å². The Morgan fingerprint density at radius 2 is 1.97 bits per heavy atom. The third-order valence-corrected chi connectivity index (χ3v) is 7.70. The van der Waals surface area contributed by atoms with E-state index in [-0.39, 0.29) is 29.4 Å². The van der Waals surface area contributed by atoms with Gasteiger partial charge >= 0.3 is 0 Å². The largest absolute Gasteiger partial charge is 0.504 e. The number of amides is 1. The van der Waals surface area contributed by atoms with Gasteiger partial charge in [-0.2, -0.15) is 0 Å². The second kappa shape index (κ2) is 11.7. The van der Waals surface area contributed by atoms with E-state index in [1.54, 1.807) is 12.1 Å². The average molecular weight is 497 g/mol. The third-order valence-electron chi connectivity index (χ3n) is 6.84. The maximum Gasteiger partial charge on any atom is 0.263 e. The predicted octanol–water partition coefficient (Wildman–Crippen LogP) is 5.59. The van der Waals surface area contributed by atoms with Crippen molar-refractivity contribution in [3.05, 3.63) is 81.8 Å². The Bertz CT molecular complexity index is 1110. The minimum atomic E-state index is -0.218. The van der Waals surface area contributed by atoms with Gasteiger partial charge in [-0.25, -0.2) is 4.39 Å². The highest BCUT2D eigenvalue weighted by atomic mass is 32.1. The Balaban J connectivity index is 1.45. The molecule has 1 aromatic heterocycles. The molecule has 0 aliphatic carbocycles. The number of phenolic OH excluding ortho intramolecular Hbond substituents is 1. The van der Waals surface area contributed by atoms with Crippen molar-refractivity contribution < 1.29 is 19.0 Å². The number of rotatable bonds is 9. The zero-order chi connectivity index (χ0) is 24.8. The van der Waals surface area contributed by atoms with Crippen molar-refractivity contribution in [3.8, 4) is 11.5 Å². The molecule has 0 unspecified atom stereocenters. The molecule has 0 radical (unpaired) electrons. The van der Waals surface area contributed by atoms with Crippen LogP contribution in [0.15, 0.2) is 60.0 Å². The van der Waals surface area contributed by atoms with Gasteiger partial charge in [-0.15, -0.1) is 11.3 Å². The first-order valence-corrected chi connectivity index (χ1v) is 13.0. The van der Waals surface area contributed by atoms with Gasteiger partial charge in [0.05, 0.1) is 11.5 Å². The number of phenols is 1. The van der Waals surface area contributed by atoms with E-state index in [2.05, 4.69) is 4.90 Å². The molecular formula is C28H33FN2O3S. The molecule has 1 amide bonds. The molecule has 1 aliphatic heterocycles. The number of thiophene rings is 1. The number of likely N-dealkylation sites (tertiary alicyclic amines) is 1. The number of aromatic hydroxyl groups is 1. The number of ether oxygens (including phenoxy) is 1. The summed E-state index contributed by atoms with van der Waals surface area (Å²) in [4.78, 5) is 18.1. The standard InChI is InChI=1S/C28H33FN2O3S/c1-3-34-26-17-20(10-11-25(26)32)19-31-14-12-21(13-15-31)24(18-22-7-4-5-8-23(22)29)30(2)28(33)27-9-6-16-35-27/h4-11,16-17,21,24,32H,3,12-15,18-19H2,1-2H3/t24-/m0/s1. The number of carbonyl (C=O) groups excluding carboxylic acids is 1. The Morgan fingerprint density at radius 3 is 2.66 bits per heavy atom. The van der Waals surface area contributed by atoms with Crippen molar-refractivity contribution in [2.45, 2.75) is 38.8 Å². The lowest BCUT2D eigenvalue weighted by molar-refractivity contribution is 0.0588. The van der Waals surface area contributed by atoms with Crippen LogP contribution in [-0.2, 0) is 13.0 Å². The van der Waals surface area contributed by atoms with Crippen molar-refractivity contribution >= 4 is 17.2 Å². The third kappa shape index (κ3) is 6.21. The predicted molar refractivity (Wildman–Crippen MR) is 138 cm³/mol. The number of hydrogen-bond donors (Lipinski definition) is 1. The Kier molecular flexibility index (Phi) is 8.42. The van der Waals surface area contributed by atoms with Crippen molar-refractivity contribution in [2.24, 2.45) is 5.92 Å². The molecule has 0 bridgehead atoms. The molecule has 2 heterocycles. The van der Waals surface area contributed by atoms with Crippen LogP contribution in [0.3, 0.4) is 0 Å². The van der Waals surface area contributed by atoms with Gasteiger partial charge in [0.25, 0.3) is 5.91 Å². The molecule has 0 saturated carbocycles. The fraction of sp³-hybridized carbons (Fsp3) is 0.393. The number of halogens is 1. The first-order valence-electron chi connectivity index (χ1n) is 12.2. The summed E-state index contributed by atoms with van der Waals surface area (Å²) in [6, 6.07) is 16.0. The van der Waals surface area contributed by atoms with Gasteiger partial charge in [-0.05, 0) is 86.0 Å². The maximum atomic E-state index is 14.5. The minimum absolute atomic E-state index is 0.00341. The van der Waals surface area contributed by atoms with Crippen LogP contribution in [0.1, 0.15) is 40.6 Å². The first kappa shape index (κ1) is 25.2. The molecule has 1 atom stereocenters. The highest BCUT2D eigenvalue weighted by Gasteiger charge is 2.32. The van der Waals surface area contributed by atoms with Gasteiger partial charge in [0, 0.05) is 19.6 Å². The topological polar surface area (TPSA) is 53.0 Å². The van der Waals surface area contributed by atoms with E-state index in [0.29, 0.717) is 29.2 Å². The molecule has 1 saturated heterocycles. The summed E-state index contributed by atoms with van der Waals surface area (Å²) in [5.41, 5.74) is 1.75. The van der Waals surface area contributed by atoms with E-state index in [4.69, 9.17) is 4.74 Å². The molecule has 186 valence electrons. The Hall–Kier alpha value is -2.90. The van der Waals surface area contributed by atoms with Gasteiger partial charge < -0.3 is 14.7 Å². The smallest absolute Gasteiger partial charge is 0.263 e. The van der Waals surface area contributed by atoms with Gasteiger partial charge in [0.2, 0.25) is 0 Å². The molecule has 7 heteroatoms. The molecule has 2 aromatic carbocycles. The highest BCUT2D eigenvalue weighted by Crippen LogP contribution is 2.31. The first-order chi connectivity index (χ1) is 17.0. The molecule has 35 heavy (non-hydrogen) atoms. The summed E-state index contributed by atoms with van der Waals surface area (Å²) in [5, 5.41) is 11.9. The normalized spacial score (nSPS) is 15.6. The summed E-state index contributed by atoms with van der Waals surface area (Å²) in [6.07, 6.45) is 2.36. The molecular weight excluding hydrogens is 463 g/mol. The monoisotopic (exact) mass is 496 g/mol. The van der Waals surface area contributed by atoms with Gasteiger partial charge in [0.15, 0.2) is 11.5 Å². The second-order valence-electron chi connectivity index (χ2n) is 9.10. The number of benzene rings is 2. The molecule has 4 rings (SSSR count). The van der Waals surface area contributed by atoms with Gasteiger partial charge in [-0.1, -0.05) is 30.3 Å². The lowest BCUT2D eigenvalue weighted by Gasteiger charge is -2.40. The summed E-state index contributed by atoms with van der Waals surface area (Å²) in [5.74, 6) is 0.724. The van der Waals surface area contributed by atoms with Crippen molar-refractivity contribution in [1.82, 2.24) is 9.80 Å². The van der Waals surface area contributed by atoms with Gasteiger partial charge in [-0.3, -0.25) is 9.69 Å². The zero-order valence-corrected chi connectivity index (χ0v) is 21.1. The Morgan fingerprint density at radius 1 is 1.20 bits per heavy atom. The van der Waals surface area contributed by atoms with Crippen LogP contribution in [0.2, 0.25) is 0 Å². The molecule has 1 fully saturated rings. The minimum Gasteiger partial charge on any atom is -0.504 e. The fourth-order valence-electron chi connectivity index (χ4n) is 4.92.